The summed E-state index contributed by atoms with van der Waals surface area (Å²) < 4.78 is 26.5. The van der Waals surface area contributed by atoms with E-state index < -0.39 is 27.9 Å². The summed E-state index contributed by atoms with van der Waals surface area (Å²) in [5.41, 5.74) is 0.880. The first-order chi connectivity index (χ1) is 17.2. The highest BCUT2D eigenvalue weighted by atomic mass is 35.5. The largest absolute Gasteiger partial charge is 0.352 e. The summed E-state index contributed by atoms with van der Waals surface area (Å²) in [5, 5.41) is 3.62. The van der Waals surface area contributed by atoms with Gasteiger partial charge in [0.15, 0.2) is 0 Å². The third-order valence-corrected chi connectivity index (χ3v) is 8.92. The van der Waals surface area contributed by atoms with Crippen molar-refractivity contribution in [3.63, 3.8) is 0 Å². The van der Waals surface area contributed by atoms with E-state index in [1.807, 2.05) is 0 Å². The molecular weight excluding hydrogens is 502 g/mol. The molecule has 1 N–H and O–H groups in total. The van der Waals surface area contributed by atoms with Crippen LogP contribution in [0.3, 0.4) is 0 Å². The molecule has 2 aromatic carbocycles. The molecule has 10 heteroatoms. The van der Waals surface area contributed by atoms with Gasteiger partial charge in [0.05, 0.1) is 5.56 Å². The van der Waals surface area contributed by atoms with Crippen LogP contribution in [0.1, 0.15) is 61.4 Å². The van der Waals surface area contributed by atoms with Gasteiger partial charge in [0, 0.05) is 30.6 Å². The minimum Gasteiger partial charge on any atom is -0.352 e. The minimum atomic E-state index is -4.02. The molecule has 1 fully saturated rings. The molecule has 2 aromatic rings. The Morgan fingerprint density at radius 2 is 1.75 bits per heavy atom. The van der Waals surface area contributed by atoms with Crippen molar-refractivity contribution in [2.24, 2.45) is 0 Å². The summed E-state index contributed by atoms with van der Waals surface area (Å²) in [7, 11) is -4.02. The Morgan fingerprint density at radius 1 is 1.08 bits per heavy atom. The van der Waals surface area contributed by atoms with Crippen LogP contribution in [0.5, 0.6) is 0 Å². The highest BCUT2D eigenvalue weighted by Crippen LogP contribution is 2.30. The van der Waals surface area contributed by atoms with Gasteiger partial charge in [-0.1, -0.05) is 55.1 Å². The van der Waals surface area contributed by atoms with E-state index in [9.17, 15) is 22.8 Å². The number of halogens is 1. The van der Waals surface area contributed by atoms with Crippen LogP contribution in [-0.2, 0) is 26.2 Å². The van der Waals surface area contributed by atoms with Crippen molar-refractivity contribution in [2.75, 3.05) is 6.54 Å². The van der Waals surface area contributed by atoms with E-state index in [2.05, 4.69) is 5.32 Å². The fourth-order valence-electron chi connectivity index (χ4n) is 4.73. The lowest BCUT2D eigenvalue weighted by atomic mass is 9.95. The van der Waals surface area contributed by atoms with Crippen LogP contribution in [0.2, 0.25) is 5.02 Å². The number of hydrogen-bond acceptors (Lipinski definition) is 5. The van der Waals surface area contributed by atoms with E-state index in [4.69, 9.17) is 11.6 Å². The quantitative estimate of drug-likeness (QED) is 0.559. The molecule has 3 amide bonds. The van der Waals surface area contributed by atoms with Crippen LogP contribution in [0.25, 0.3) is 0 Å². The molecule has 8 nitrogen and oxygen atoms in total. The van der Waals surface area contributed by atoms with Gasteiger partial charge in [-0.2, -0.15) is 0 Å². The van der Waals surface area contributed by atoms with Gasteiger partial charge in [-0.25, -0.2) is 12.7 Å². The van der Waals surface area contributed by atoms with Crippen LogP contribution in [-0.4, -0.2) is 54.0 Å². The summed E-state index contributed by atoms with van der Waals surface area (Å²) in [4.78, 5) is 40.6. The monoisotopic (exact) mass is 531 g/mol. The maximum absolute atomic E-state index is 13.4. The van der Waals surface area contributed by atoms with Crippen LogP contribution < -0.4 is 5.32 Å². The molecule has 1 aliphatic carbocycles. The van der Waals surface area contributed by atoms with Gasteiger partial charge in [-0.15, -0.1) is 0 Å². The second-order valence-electron chi connectivity index (χ2n) is 9.30. The predicted octanol–water partition coefficient (Wildman–Crippen LogP) is 3.74. The van der Waals surface area contributed by atoms with E-state index >= 15 is 0 Å². The molecule has 0 spiro atoms. The summed E-state index contributed by atoms with van der Waals surface area (Å²) >= 11 is 5.99. The Morgan fingerprint density at radius 3 is 2.42 bits per heavy atom. The average molecular weight is 532 g/mol. The van der Waals surface area contributed by atoms with Gasteiger partial charge >= 0.3 is 0 Å². The number of nitrogens with one attached hydrogen (secondary N) is 1. The maximum atomic E-state index is 13.4. The number of carbonyl (C=O) groups is 3. The number of hydrogen-bond donors (Lipinski definition) is 1. The molecule has 36 heavy (non-hydrogen) atoms. The van der Waals surface area contributed by atoms with Gasteiger partial charge in [-0.3, -0.25) is 14.4 Å². The first kappa shape index (κ1) is 26.2. The molecular formula is C26H30ClN3O5S. The third-order valence-electron chi connectivity index (χ3n) is 6.83. The van der Waals surface area contributed by atoms with Crippen molar-refractivity contribution in [1.29, 1.82) is 0 Å². The lowest BCUT2D eigenvalue weighted by molar-refractivity contribution is -0.141. The molecule has 1 saturated carbocycles. The van der Waals surface area contributed by atoms with E-state index in [-0.39, 0.29) is 41.9 Å². The number of rotatable bonds is 8. The molecule has 0 radical (unpaired) electrons. The van der Waals surface area contributed by atoms with E-state index in [1.54, 1.807) is 43.3 Å². The fraction of sp³-hybridized carbons (Fsp3) is 0.423. The highest BCUT2D eigenvalue weighted by Gasteiger charge is 2.41. The number of fused-ring (bicyclic) bond motifs is 1. The molecule has 0 aromatic heterocycles. The molecule has 1 atom stereocenters. The van der Waals surface area contributed by atoms with E-state index in [1.165, 1.54) is 17.0 Å². The lowest BCUT2D eigenvalue weighted by Gasteiger charge is -2.31. The number of carbonyl (C=O) groups excluding carboxylic acids is 3. The number of benzene rings is 2. The van der Waals surface area contributed by atoms with Crippen molar-refractivity contribution in [3.05, 3.63) is 64.7 Å². The first-order valence-corrected chi connectivity index (χ1v) is 14.0. The summed E-state index contributed by atoms with van der Waals surface area (Å²) in [6.45, 7) is 1.51. The Kier molecular flexibility index (Phi) is 8.00. The van der Waals surface area contributed by atoms with Crippen LogP contribution >= 0.6 is 11.6 Å². The first-order valence-electron chi connectivity index (χ1n) is 12.2. The van der Waals surface area contributed by atoms with Crippen molar-refractivity contribution >= 4 is 39.3 Å². The third kappa shape index (κ3) is 5.57. The molecule has 0 saturated heterocycles. The van der Waals surface area contributed by atoms with E-state index in [0.29, 0.717) is 5.02 Å². The SMILES string of the molecule is C[C@H](C(=O)NC1CCCCC1)N(Cc1ccc(Cl)cc1)C(=O)CCN1C(=O)c2ccccc2S1(=O)=O. The van der Waals surface area contributed by atoms with Crippen molar-refractivity contribution in [2.45, 2.75) is 69.0 Å². The number of sulfonamides is 1. The Bertz CT molecular complexity index is 1240. The fourth-order valence-corrected chi connectivity index (χ4v) is 6.43. The van der Waals surface area contributed by atoms with Gasteiger partial charge in [0.1, 0.15) is 10.9 Å². The zero-order valence-corrected chi connectivity index (χ0v) is 21.7. The van der Waals surface area contributed by atoms with Gasteiger partial charge in [0.2, 0.25) is 11.8 Å². The molecule has 0 unspecified atom stereocenters. The standard InChI is InChI=1S/C26H30ClN3O5S/c1-18(25(32)28-21-7-3-2-4-8-21)29(17-19-11-13-20(27)14-12-19)24(31)15-16-30-26(33)22-9-5-6-10-23(22)36(30,34)35/h5-6,9-14,18,21H,2-4,7-8,15-17H2,1H3,(H,28,32)/t18-/m1/s1. The maximum Gasteiger partial charge on any atom is 0.269 e. The van der Waals surface area contributed by atoms with Crippen LogP contribution in [0.15, 0.2) is 53.4 Å². The Balaban J connectivity index is 1.49. The average Bonchev–Trinajstić information content (AvgIpc) is 3.07. The second kappa shape index (κ2) is 11.0. The predicted molar refractivity (Wildman–Crippen MR) is 136 cm³/mol. The van der Waals surface area contributed by atoms with E-state index in [0.717, 1.165) is 42.0 Å². The normalized spacial score (nSPS) is 17.9. The van der Waals surface area contributed by atoms with Crippen LogP contribution in [0.4, 0.5) is 0 Å². The zero-order chi connectivity index (χ0) is 25.9. The van der Waals surface area contributed by atoms with Gasteiger partial charge in [0.25, 0.3) is 15.9 Å². The molecule has 1 heterocycles. The minimum absolute atomic E-state index is 0.0549. The summed E-state index contributed by atoms with van der Waals surface area (Å²) in [6, 6.07) is 12.3. The molecule has 2 aliphatic rings. The summed E-state index contributed by atoms with van der Waals surface area (Å²) in [5.74, 6) is -1.32. The lowest BCUT2D eigenvalue weighted by Crippen LogP contribution is -2.50. The highest BCUT2D eigenvalue weighted by molar-refractivity contribution is 7.90. The number of nitrogens with zero attached hydrogens (tertiary/aromatic N) is 2. The van der Waals surface area contributed by atoms with Crippen molar-refractivity contribution in [1.82, 2.24) is 14.5 Å². The number of amides is 3. The van der Waals surface area contributed by atoms with Crippen LogP contribution in [0, 0.1) is 0 Å². The molecule has 192 valence electrons. The Hall–Kier alpha value is -2.91. The topological polar surface area (TPSA) is 104 Å². The second-order valence-corrected chi connectivity index (χ2v) is 11.6. The molecule has 4 rings (SSSR count). The molecule has 1 aliphatic heterocycles. The van der Waals surface area contributed by atoms with Crippen molar-refractivity contribution in [3.8, 4) is 0 Å². The Labute approximate surface area is 216 Å². The van der Waals surface area contributed by atoms with Crippen molar-refractivity contribution < 1.29 is 22.8 Å². The van der Waals surface area contributed by atoms with Gasteiger partial charge < -0.3 is 10.2 Å². The smallest absolute Gasteiger partial charge is 0.269 e. The zero-order valence-electron chi connectivity index (χ0n) is 20.2. The molecule has 0 bridgehead atoms. The van der Waals surface area contributed by atoms with Gasteiger partial charge in [-0.05, 0) is 49.6 Å². The summed E-state index contributed by atoms with van der Waals surface area (Å²) in [6.07, 6.45) is 4.87.